The predicted octanol–water partition coefficient (Wildman–Crippen LogP) is 0.901. The van der Waals surface area contributed by atoms with Crippen molar-refractivity contribution in [3.63, 3.8) is 0 Å². The monoisotopic (exact) mass is 214 g/mol. The largest absolute Gasteiger partial charge is 0.465 e. The van der Waals surface area contributed by atoms with Crippen molar-refractivity contribution in [2.24, 2.45) is 5.92 Å². The molecule has 0 aromatic rings. The fraction of sp³-hybridized carbons (Fsp3) is 0.800. The Morgan fingerprint density at radius 2 is 2.00 bits per heavy atom. The second kappa shape index (κ2) is 4.08. The number of hydrogen-bond acceptors (Lipinski definition) is 2. The van der Waals surface area contributed by atoms with Crippen LogP contribution in [0.15, 0.2) is 0 Å². The molecule has 0 spiro atoms. The van der Waals surface area contributed by atoms with Crippen molar-refractivity contribution in [3.05, 3.63) is 0 Å². The van der Waals surface area contributed by atoms with E-state index in [0.29, 0.717) is 19.5 Å². The standard InChI is InChI=1S/C10H18N2O3/c1-10(2,3)11-8(13)7-4-5-12(6-7)9(14)15/h7H,4-6H2,1-3H3,(H,11,13)(H,14,15). The minimum atomic E-state index is -0.943. The van der Waals surface area contributed by atoms with Crippen LogP contribution in [-0.4, -0.2) is 40.6 Å². The van der Waals surface area contributed by atoms with E-state index in [0.717, 1.165) is 0 Å². The quantitative estimate of drug-likeness (QED) is 0.681. The zero-order chi connectivity index (χ0) is 11.6. The molecular formula is C10H18N2O3. The maximum atomic E-state index is 11.7. The second-order valence-corrected chi connectivity index (χ2v) is 4.95. The molecule has 1 heterocycles. The molecule has 86 valence electrons. The van der Waals surface area contributed by atoms with Crippen molar-refractivity contribution in [2.75, 3.05) is 13.1 Å². The molecular weight excluding hydrogens is 196 g/mol. The number of carbonyl (C=O) groups is 2. The molecule has 1 saturated heterocycles. The van der Waals surface area contributed by atoms with Gasteiger partial charge in [-0.1, -0.05) is 0 Å². The van der Waals surface area contributed by atoms with E-state index in [4.69, 9.17) is 5.11 Å². The molecule has 5 heteroatoms. The second-order valence-electron chi connectivity index (χ2n) is 4.95. The fourth-order valence-corrected chi connectivity index (χ4v) is 1.62. The van der Waals surface area contributed by atoms with Crippen LogP contribution in [0.5, 0.6) is 0 Å². The van der Waals surface area contributed by atoms with E-state index in [1.807, 2.05) is 20.8 Å². The average Bonchev–Trinajstić information content (AvgIpc) is 2.47. The zero-order valence-corrected chi connectivity index (χ0v) is 9.41. The van der Waals surface area contributed by atoms with Crippen molar-refractivity contribution < 1.29 is 14.7 Å². The number of rotatable bonds is 1. The summed E-state index contributed by atoms with van der Waals surface area (Å²) >= 11 is 0. The Bertz CT molecular complexity index is 270. The molecule has 1 rings (SSSR count). The SMILES string of the molecule is CC(C)(C)NC(=O)C1CCN(C(=O)O)C1. The highest BCUT2D eigenvalue weighted by molar-refractivity contribution is 5.80. The smallest absolute Gasteiger partial charge is 0.407 e. The van der Waals surface area contributed by atoms with Crippen LogP contribution in [0.25, 0.3) is 0 Å². The van der Waals surface area contributed by atoms with E-state index in [2.05, 4.69) is 5.32 Å². The van der Waals surface area contributed by atoms with Crippen molar-refractivity contribution in [1.82, 2.24) is 10.2 Å². The first-order valence-electron chi connectivity index (χ1n) is 5.09. The third-order valence-electron chi connectivity index (χ3n) is 2.33. The Morgan fingerprint density at radius 3 is 2.40 bits per heavy atom. The lowest BCUT2D eigenvalue weighted by Gasteiger charge is -2.22. The number of carboxylic acid groups (broad SMARTS) is 1. The molecule has 1 aliphatic heterocycles. The van der Waals surface area contributed by atoms with E-state index in [1.54, 1.807) is 0 Å². The minimum absolute atomic E-state index is 0.0498. The summed E-state index contributed by atoms with van der Waals surface area (Å²) in [4.78, 5) is 23.6. The van der Waals surface area contributed by atoms with Gasteiger partial charge >= 0.3 is 6.09 Å². The molecule has 1 fully saturated rings. The third kappa shape index (κ3) is 3.42. The Labute approximate surface area is 89.4 Å². The van der Waals surface area contributed by atoms with Gasteiger partial charge in [0.2, 0.25) is 5.91 Å². The van der Waals surface area contributed by atoms with Crippen molar-refractivity contribution >= 4 is 12.0 Å². The van der Waals surface area contributed by atoms with E-state index in [1.165, 1.54) is 4.90 Å². The van der Waals surface area contributed by atoms with Gasteiger partial charge in [0.05, 0.1) is 5.92 Å². The summed E-state index contributed by atoms with van der Waals surface area (Å²) in [6.07, 6.45) is -0.324. The summed E-state index contributed by atoms with van der Waals surface area (Å²) < 4.78 is 0. The molecule has 0 bridgehead atoms. The molecule has 2 amide bonds. The summed E-state index contributed by atoms with van der Waals surface area (Å²) in [5.41, 5.74) is -0.256. The number of carbonyl (C=O) groups excluding carboxylic acids is 1. The number of amides is 2. The lowest BCUT2D eigenvalue weighted by molar-refractivity contribution is -0.126. The molecule has 1 unspecified atom stereocenters. The van der Waals surface area contributed by atoms with Gasteiger partial charge in [-0.25, -0.2) is 4.79 Å². The van der Waals surface area contributed by atoms with E-state index < -0.39 is 6.09 Å². The molecule has 0 aliphatic carbocycles. The Kier molecular flexibility index (Phi) is 3.21. The van der Waals surface area contributed by atoms with E-state index in [-0.39, 0.29) is 17.4 Å². The number of likely N-dealkylation sites (tertiary alicyclic amines) is 1. The summed E-state index contributed by atoms with van der Waals surface area (Å²) in [5, 5.41) is 11.6. The highest BCUT2D eigenvalue weighted by Gasteiger charge is 2.32. The molecule has 15 heavy (non-hydrogen) atoms. The van der Waals surface area contributed by atoms with Crippen LogP contribution >= 0.6 is 0 Å². The van der Waals surface area contributed by atoms with Gasteiger partial charge in [0.25, 0.3) is 0 Å². The lowest BCUT2D eigenvalue weighted by atomic mass is 10.0. The Balaban J connectivity index is 2.47. The van der Waals surface area contributed by atoms with Gasteiger partial charge in [-0.05, 0) is 27.2 Å². The number of hydrogen-bond donors (Lipinski definition) is 2. The summed E-state index contributed by atoms with van der Waals surface area (Å²) in [6, 6.07) is 0. The van der Waals surface area contributed by atoms with Crippen molar-refractivity contribution in [2.45, 2.75) is 32.7 Å². The fourth-order valence-electron chi connectivity index (χ4n) is 1.62. The highest BCUT2D eigenvalue weighted by Crippen LogP contribution is 2.17. The summed E-state index contributed by atoms with van der Waals surface area (Å²) in [5.74, 6) is -0.244. The van der Waals surface area contributed by atoms with Crippen LogP contribution < -0.4 is 5.32 Å². The molecule has 1 aliphatic rings. The molecule has 1 atom stereocenters. The maximum absolute atomic E-state index is 11.7. The summed E-state index contributed by atoms with van der Waals surface area (Å²) in [7, 11) is 0. The van der Waals surface area contributed by atoms with Crippen molar-refractivity contribution in [3.8, 4) is 0 Å². The third-order valence-corrected chi connectivity index (χ3v) is 2.33. The predicted molar refractivity (Wildman–Crippen MR) is 55.6 cm³/mol. The van der Waals surface area contributed by atoms with Gasteiger partial charge in [-0.15, -0.1) is 0 Å². The van der Waals surface area contributed by atoms with Gasteiger partial charge in [-0.2, -0.15) is 0 Å². The zero-order valence-electron chi connectivity index (χ0n) is 9.41. The van der Waals surface area contributed by atoms with Crippen LogP contribution in [0.1, 0.15) is 27.2 Å². The Hall–Kier alpha value is -1.26. The van der Waals surface area contributed by atoms with Crippen LogP contribution in [0.2, 0.25) is 0 Å². The van der Waals surface area contributed by atoms with Crippen LogP contribution in [0, 0.1) is 5.92 Å². The highest BCUT2D eigenvalue weighted by atomic mass is 16.4. The molecule has 0 aromatic carbocycles. The number of nitrogens with one attached hydrogen (secondary N) is 1. The lowest BCUT2D eigenvalue weighted by Crippen LogP contribution is -2.44. The van der Waals surface area contributed by atoms with Crippen LogP contribution in [0.4, 0.5) is 4.79 Å². The first-order chi connectivity index (χ1) is 6.79. The molecule has 2 N–H and O–H groups in total. The Morgan fingerprint density at radius 1 is 1.40 bits per heavy atom. The van der Waals surface area contributed by atoms with E-state index >= 15 is 0 Å². The number of nitrogens with zero attached hydrogens (tertiary/aromatic N) is 1. The summed E-state index contributed by atoms with van der Waals surface area (Å²) in [6.45, 7) is 6.51. The maximum Gasteiger partial charge on any atom is 0.407 e. The van der Waals surface area contributed by atoms with Gasteiger partial charge in [0, 0.05) is 18.6 Å². The molecule has 0 radical (unpaired) electrons. The van der Waals surface area contributed by atoms with Gasteiger partial charge in [0.15, 0.2) is 0 Å². The van der Waals surface area contributed by atoms with Gasteiger partial charge in [-0.3, -0.25) is 4.79 Å². The van der Waals surface area contributed by atoms with Crippen molar-refractivity contribution in [1.29, 1.82) is 0 Å². The van der Waals surface area contributed by atoms with Crippen LogP contribution in [0.3, 0.4) is 0 Å². The van der Waals surface area contributed by atoms with Gasteiger partial charge in [0.1, 0.15) is 0 Å². The first-order valence-corrected chi connectivity index (χ1v) is 5.09. The topological polar surface area (TPSA) is 69.6 Å². The normalized spacial score (nSPS) is 21.5. The molecule has 0 saturated carbocycles. The molecule has 5 nitrogen and oxygen atoms in total. The minimum Gasteiger partial charge on any atom is -0.465 e. The van der Waals surface area contributed by atoms with Gasteiger partial charge < -0.3 is 15.3 Å². The first kappa shape index (κ1) is 11.8. The van der Waals surface area contributed by atoms with Crippen LogP contribution in [-0.2, 0) is 4.79 Å². The molecule has 0 aromatic heterocycles. The average molecular weight is 214 g/mol. The van der Waals surface area contributed by atoms with E-state index in [9.17, 15) is 9.59 Å².